The van der Waals surface area contributed by atoms with Crippen LogP contribution >= 0.6 is 22.6 Å². The molecule has 0 amide bonds. The Hall–Kier alpha value is -1.30. The summed E-state index contributed by atoms with van der Waals surface area (Å²) in [7, 11) is 0. The minimum absolute atomic E-state index is 0.334. The average molecular weight is 329 g/mol. The summed E-state index contributed by atoms with van der Waals surface area (Å²) in [5.74, 6) is 0.605. The predicted octanol–water partition coefficient (Wildman–Crippen LogP) is 3.80. The number of hydrogen-bond donors (Lipinski definition) is 1. The number of nitrogen functional groups attached to an aromatic ring is 1. The molecule has 0 bridgehead atoms. The van der Waals surface area contributed by atoms with Gasteiger partial charge in [0.2, 0.25) is 0 Å². The summed E-state index contributed by atoms with van der Waals surface area (Å²) in [6, 6.07) is 11.5. The van der Waals surface area contributed by atoms with Gasteiger partial charge in [-0.05, 0) is 59.0 Å². The molecule has 0 aliphatic heterocycles. The van der Waals surface area contributed by atoms with Crippen LogP contribution in [0.25, 0.3) is 0 Å². The summed E-state index contributed by atoms with van der Waals surface area (Å²) < 4.78 is 19.6. The third-order valence-corrected chi connectivity index (χ3v) is 2.74. The van der Waals surface area contributed by atoms with Crippen LogP contribution in [-0.4, -0.2) is 0 Å². The Morgan fingerprint density at radius 2 is 1.75 bits per heavy atom. The maximum atomic E-state index is 13.0. The molecule has 2 N–H and O–H groups in total. The van der Waals surface area contributed by atoms with E-state index in [1.807, 2.05) is 24.3 Å². The lowest BCUT2D eigenvalue weighted by molar-refractivity contribution is 0.479. The third-order valence-electron chi connectivity index (χ3n) is 2.02. The van der Waals surface area contributed by atoms with E-state index in [4.69, 9.17) is 10.5 Å². The second kappa shape index (κ2) is 4.69. The number of benzene rings is 2. The number of anilines is 1. The largest absolute Gasteiger partial charge is 0.455 e. The fourth-order valence-electron chi connectivity index (χ4n) is 1.23. The monoisotopic (exact) mass is 329 g/mol. The van der Waals surface area contributed by atoms with Gasteiger partial charge in [0, 0.05) is 9.64 Å². The smallest absolute Gasteiger partial charge is 0.153 e. The van der Waals surface area contributed by atoms with E-state index in [2.05, 4.69) is 22.6 Å². The summed E-state index contributed by atoms with van der Waals surface area (Å²) >= 11 is 2.20. The first-order valence-corrected chi connectivity index (χ1v) is 5.71. The van der Waals surface area contributed by atoms with E-state index in [0.717, 1.165) is 3.57 Å². The summed E-state index contributed by atoms with van der Waals surface area (Å²) in [5, 5.41) is 0. The molecule has 0 spiro atoms. The number of halogens is 2. The van der Waals surface area contributed by atoms with Crippen LogP contribution in [0.15, 0.2) is 42.5 Å². The van der Waals surface area contributed by atoms with E-state index in [9.17, 15) is 4.39 Å². The normalized spacial score (nSPS) is 10.1. The zero-order valence-electron chi connectivity index (χ0n) is 8.28. The summed E-state index contributed by atoms with van der Waals surface area (Å²) in [5.41, 5.74) is 6.09. The van der Waals surface area contributed by atoms with Gasteiger partial charge in [-0.15, -0.1) is 0 Å². The molecule has 4 heteroatoms. The van der Waals surface area contributed by atoms with Crippen molar-refractivity contribution >= 4 is 28.3 Å². The van der Waals surface area contributed by atoms with E-state index in [-0.39, 0.29) is 5.82 Å². The first-order valence-electron chi connectivity index (χ1n) is 4.63. The fourth-order valence-corrected chi connectivity index (χ4v) is 1.59. The molecule has 0 aliphatic carbocycles. The standard InChI is InChI=1S/C12H9FINO/c13-8-1-6-11(15)12(7-8)16-10-4-2-9(14)3-5-10/h1-7H,15H2. The van der Waals surface area contributed by atoms with Crippen LogP contribution in [0, 0.1) is 9.39 Å². The van der Waals surface area contributed by atoms with Gasteiger partial charge in [-0.1, -0.05) is 0 Å². The highest BCUT2D eigenvalue weighted by molar-refractivity contribution is 14.1. The molecule has 2 aromatic carbocycles. The van der Waals surface area contributed by atoms with Gasteiger partial charge in [-0.2, -0.15) is 0 Å². The molecular formula is C12H9FINO. The molecule has 0 aliphatic rings. The molecule has 0 radical (unpaired) electrons. The molecule has 2 nitrogen and oxygen atoms in total. The van der Waals surface area contributed by atoms with Crippen LogP contribution in [0.1, 0.15) is 0 Å². The Balaban J connectivity index is 2.26. The average Bonchev–Trinajstić information content (AvgIpc) is 2.27. The van der Waals surface area contributed by atoms with Gasteiger partial charge in [-0.25, -0.2) is 4.39 Å². The van der Waals surface area contributed by atoms with Crippen LogP contribution in [0.4, 0.5) is 10.1 Å². The van der Waals surface area contributed by atoms with Gasteiger partial charge in [0.1, 0.15) is 11.6 Å². The van der Waals surface area contributed by atoms with E-state index < -0.39 is 0 Å². The Bertz CT molecular complexity index is 499. The predicted molar refractivity (Wildman–Crippen MR) is 70.0 cm³/mol. The number of nitrogens with two attached hydrogens (primary N) is 1. The van der Waals surface area contributed by atoms with Crippen molar-refractivity contribution in [1.82, 2.24) is 0 Å². The maximum absolute atomic E-state index is 13.0. The van der Waals surface area contributed by atoms with E-state index in [0.29, 0.717) is 17.2 Å². The van der Waals surface area contributed by atoms with Crippen molar-refractivity contribution in [3.05, 3.63) is 51.9 Å². The highest BCUT2D eigenvalue weighted by Gasteiger charge is 2.03. The Labute approximate surface area is 106 Å². The van der Waals surface area contributed by atoms with Crippen molar-refractivity contribution in [2.75, 3.05) is 5.73 Å². The Morgan fingerprint density at radius 3 is 2.44 bits per heavy atom. The van der Waals surface area contributed by atoms with Crippen LogP contribution in [0.3, 0.4) is 0 Å². The molecule has 0 fully saturated rings. The molecule has 0 heterocycles. The number of ether oxygens (including phenoxy) is 1. The van der Waals surface area contributed by atoms with Crippen LogP contribution in [0.2, 0.25) is 0 Å². The second-order valence-electron chi connectivity index (χ2n) is 3.24. The fraction of sp³-hybridized carbons (Fsp3) is 0. The van der Waals surface area contributed by atoms with Gasteiger partial charge in [-0.3, -0.25) is 0 Å². The highest BCUT2D eigenvalue weighted by Crippen LogP contribution is 2.28. The van der Waals surface area contributed by atoms with Crippen LogP contribution in [0.5, 0.6) is 11.5 Å². The maximum Gasteiger partial charge on any atom is 0.153 e. The number of rotatable bonds is 2. The minimum Gasteiger partial charge on any atom is -0.455 e. The number of hydrogen-bond acceptors (Lipinski definition) is 2. The lowest BCUT2D eigenvalue weighted by atomic mass is 10.3. The summed E-state index contributed by atoms with van der Waals surface area (Å²) in [6.45, 7) is 0. The van der Waals surface area contributed by atoms with Crippen molar-refractivity contribution in [1.29, 1.82) is 0 Å². The topological polar surface area (TPSA) is 35.2 Å². The lowest BCUT2D eigenvalue weighted by Crippen LogP contribution is -1.92. The minimum atomic E-state index is -0.366. The van der Waals surface area contributed by atoms with Crippen molar-refractivity contribution in [3.8, 4) is 11.5 Å². The van der Waals surface area contributed by atoms with Crippen LogP contribution in [-0.2, 0) is 0 Å². The van der Waals surface area contributed by atoms with E-state index in [1.165, 1.54) is 18.2 Å². The molecule has 0 saturated heterocycles. The Kier molecular flexibility index (Phi) is 3.28. The quantitative estimate of drug-likeness (QED) is 0.672. The van der Waals surface area contributed by atoms with Crippen molar-refractivity contribution in [2.24, 2.45) is 0 Å². The highest BCUT2D eigenvalue weighted by atomic mass is 127. The zero-order chi connectivity index (χ0) is 11.5. The molecule has 2 rings (SSSR count). The third kappa shape index (κ3) is 2.63. The lowest BCUT2D eigenvalue weighted by Gasteiger charge is -2.08. The van der Waals surface area contributed by atoms with Gasteiger partial charge >= 0.3 is 0 Å². The first kappa shape index (κ1) is 11.2. The van der Waals surface area contributed by atoms with Gasteiger partial charge in [0.15, 0.2) is 5.75 Å². The molecular weight excluding hydrogens is 320 g/mol. The first-order chi connectivity index (χ1) is 7.65. The van der Waals surface area contributed by atoms with Gasteiger partial charge < -0.3 is 10.5 Å². The van der Waals surface area contributed by atoms with E-state index in [1.54, 1.807) is 0 Å². The molecule has 0 atom stereocenters. The van der Waals surface area contributed by atoms with Crippen molar-refractivity contribution < 1.29 is 9.13 Å². The van der Waals surface area contributed by atoms with Gasteiger partial charge in [0.25, 0.3) is 0 Å². The van der Waals surface area contributed by atoms with Gasteiger partial charge in [0.05, 0.1) is 5.69 Å². The molecule has 16 heavy (non-hydrogen) atoms. The van der Waals surface area contributed by atoms with Crippen molar-refractivity contribution in [3.63, 3.8) is 0 Å². The SMILES string of the molecule is Nc1ccc(F)cc1Oc1ccc(I)cc1. The molecule has 2 aromatic rings. The summed E-state index contributed by atoms with van der Waals surface area (Å²) in [4.78, 5) is 0. The zero-order valence-corrected chi connectivity index (χ0v) is 10.4. The second-order valence-corrected chi connectivity index (χ2v) is 4.48. The Morgan fingerprint density at radius 1 is 1.06 bits per heavy atom. The van der Waals surface area contributed by atoms with E-state index >= 15 is 0 Å². The molecule has 0 aromatic heterocycles. The summed E-state index contributed by atoms with van der Waals surface area (Å²) in [6.07, 6.45) is 0. The molecule has 0 saturated carbocycles. The molecule has 82 valence electrons. The van der Waals surface area contributed by atoms with Crippen molar-refractivity contribution in [2.45, 2.75) is 0 Å². The molecule has 0 unspecified atom stereocenters. The van der Waals surface area contributed by atoms with Crippen LogP contribution < -0.4 is 10.5 Å².